The Labute approximate surface area is 137 Å². The minimum Gasteiger partial charge on any atom is -0.496 e. The molecule has 0 aromatic heterocycles. The minimum atomic E-state index is -0.208. The summed E-state index contributed by atoms with van der Waals surface area (Å²) in [7, 11) is 2.74. The van der Waals surface area contributed by atoms with Crippen molar-refractivity contribution in [1.29, 1.82) is 0 Å². The van der Waals surface area contributed by atoms with E-state index in [-0.39, 0.29) is 20.0 Å². The number of ether oxygens (including phenoxy) is 2. The zero-order chi connectivity index (χ0) is 17.1. The van der Waals surface area contributed by atoms with Crippen LogP contribution in [0.15, 0.2) is 24.3 Å². The van der Waals surface area contributed by atoms with Crippen molar-refractivity contribution < 1.29 is 18.8 Å². The fourth-order valence-corrected chi connectivity index (χ4v) is 3.30. The Morgan fingerprint density at radius 1 is 0.957 bits per heavy atom. The third kappa shape index (κ3) is 3.13. The summed E-state index contributed by atoms with van der Waals surface area (Å²) in [6.45, 7) is 5.80. The summed E-state index contributed by atoms with van der Waals surface area (Å²) in [6, 6.07) is 7.19. The molecule has 4 nitrogen and oxygen atoms in total. The lowest BCUT2D eigenvalue weighted by Crippen LogP contribution is -2.14. The second kappa shape index (κ2) is 6.93. The van der Waals surface area contributed by atoms with Crippen LogP contribution in [0.3, 0.4) is 0 Å². The second-order valence-corrected chi connectivity index (χ2v) is 6.05. The van der Waals surface area contributed by atoms with Crippen LogP contribution in [0, 0.1) is 20.8 Å². The van der Waals surface area contributed by atoms with Gasteiger partial charge in [0, 0.05) is 5.56 Å². The number of carbonyl (C=O) groups excluding carboxylic acids is 1. The number of carbonyl (C=O) groups is 1. The van der Waals surface area contributed by atoms with Crippen molar-refractivity contribution in [2.75, 3.05) is 14.2 Å². The van der Waals surface area contributed by atoms with Gasteiger partial charge in [0.2, 0.25) is 5.78 Å². The molecule has 0 saturated carbocycles. The van der Waals surface area contributed by atoms with Crippen LogP contribution < -0.4 is 14.8 Å². The van der Waals surface area contributed by atoms with Gasteiger partial charge in [-0.3, -0.25) is 9.36 Å². The molecule has 0 aliphatic heterocycles. The summed E-state index contributed by atoms with van der Waals surface area (Å²) in [6.07, 6.45) is 0. The van der Waals surface area contributed by atoms with E-state index >= 15 is 0 Å². The molecule has 0 amide bonds. The van der Waals surface area contributed by atoms with Crippen molar-refractivity contribution in [3.05, 3.63) is 52.1 Å². The first kappa shape index (κ1) is 17.2. The van der Waals surface area contributed by atoms with Gasteiger partial charge in [-0.15, -0.1) is 0 Å². The lowest BCUT2D eigenvalue weighted by atomic mass is 9.92. The van der Waals surface area contributed by atoms with Crippen molar-refractivity contribution in [1.82, 2.24) is 0 Å². The molecule has 0 aliphatic carbocycles. The van der Waals surface area contributed by atoms with E-state index in [2.05, 4.69) is 0 Å². The Balaban J connectivity index is 2.75. The van der Waals surface area contributed by atoms with E-state index < -0.39 is 0 Å². The van der Waals surface area contributed by atoms with Gasteiger partial charge in [0.25, 0.3) is 0 Å². The van der Waals surface area contributed by atoms with Gasteiger partial charge in [-0.2, -0.15) is 0 Å². The number of benzene rings is 2. The standard InChI is InChI=1S/C18H19O4P/c1-10-8-11(2)15(12(3)9-10)17(19)16-13(21-4)6-7-14(23-20)18(16)22-5/h6-9H,1-5H3. The van der Waals surface area contributed by atoms with Gasteiger partial charge in [-0.1, -0.05) is 17.7 Å². The first-order chi connectivity index (χ1) is 10.9. The summed E-state index contributed by atoms with van der Waals surface area (Å²) >= 11 is 0. The quantitative estimate of drug-likeness (QED) is 0.618. The summed E-state index contributed by atoms with van der Waals surface area (Å²) in [5.74, 6) is 0.489. The molecule has 0 radical (unpaired) electrons. The second-order valence-electron chi connectivity index (χ2n) is 5.39. The zero-order valence-electron chi connectivity index (χ0n) is 13.9. The maximum absolute atomic E-state index is 13.2. The van der Waals surface area contributed by atoms with Crippen molar-refractivity contribution in [2.45, 2.75) is 20.8 Å². The lowest BCUT2D eigenvalue weighted by Gasteiger charge is -2.16. The lowest BCUT2D eigenvalue weighted by molar-refractivity contribution is 0.103. The number of hydrogen-bond donors (Lipinski definition) is 0. The molecule has 0 bridgehead atoms. The Kier molecular flexibility index (Phi) is 5.17. The number of rotatable bonds is 5. The molecule has 5 heteroatoms. The summed E-state index contributed by atoms with van der Waals surface area (Å²) < 4.78 is 22.0. The fourth-order valence-electron chi connectivity index (χ4n) is 2.88. The molecule has 2 rings (SSSR count). The normalized spacial score (nSPS) is 10.7. The summed E-state index contributed by atoms with van der Waals surface area (Å²) in [5.41, 5.74) is 3.79. The fraction of sp³-hybridized carbons (Fsp3) is 0.278. The van der Waals surface area contributed by atoms with E-state index in [1.807, 2.05) is 32.9 Å². The predicted molar refractivity (Wildman–Crippen MR) is 90.9 cm³/mol. The molecule has 0 atom stereocenters. The van der Waals surface area contributed by atoms with Crippen molar-refractivity contribution in [2.24, 2.45) is 0 Å². The van der Waals surface area contributed by atoms with Gasteiger partial charge >= 0.3 is 0 Å². The summed E-state index contributed by atoms with van der Waals surface area (Å²) in [5, 5.41) is 0.416. The van der Waals surface area contributed by atoms with Gasteiger partial charge in [-0.25, -0.2) is 0 Å². The molecule has 23 heavy (non-hydrogen) atoms. The van der Waals surface area contributed by atoms with Crippen LogP contribution in [0.1, 0.15) is 32.6 Å². The predicted octanol–water partition coefficient (Wildman–Crippen LogP) is 3.78. The Hall–Kier alpha value is -2.19. The molecule has 0 saturated heterocycles. The number of hydrogen-bond acceptors (Lipinski definition) is 4. The van der Waals surface area contributed by atoms with E-state index in [0.717, 1.165) is 16.7 Å². The van der Waals surface area contributed by atoms with Gasteiger partial charge in [0.1, 0.15) is 17.1 Å². The van der Waals surface area contributed by atoms with Crippen molar-refractivity contribution in [3.8, 4) is 11.5 Å². The van der Waals surface area contributed by atoms with Crippen LogP contribution in [-0.4, -0.2) is 20.0 Å². The molecule has 0 heterocycles. The van der Waals surface area contributed by atoms with Crippen LogP contribution in [0.4, 0.5) is 0 Å². The van der Waals surface area contributed by atoms with Crippen LogP contribution in [0.2, 0.25) is 0 Å². The first-order valence-corrected chi connectivity index (χ1v) is 7.96. The Morgan fingerprint density at radius 2 is 1.57 bits per heavy atom. The summed E-state index contributed by atoms with van der Waals surface area (Å²) in [4.78, 5) is 13.2. The van der Waals surface area contributed by atoms with E-state index in [1.165, 1.54) is 14.2 Å². The van der Waals surface area contributed by atoms with E-state index in [1.54, 1.807) is 12.1 Å². The molecule has 0 fully saturated rings. The van der Waals surface area contributed by atoms with E-state index in [4.69, 9.17) is 9.47 Å². The van der Waals surface area contributed by atoms with Crippen LogP contribution in [0.25, 0.3) is 0 Å². The molecule has 2 aromatic rings. The molecule has 2 aromatic carbocycles. The molecule has 0 spiro atoms. The monoisotopic (exact) mass is 330 g/mol. The third-order valence-corrected chi connectivity index (χ3v) is 4.30. The highest BCUT2D eigenvalue weighted by Crippen LogP contribution is 2.33. The number of ketones is 1. The molecule has 0 N–H and O–H groups in total. The van der Waals surface area contributed by atoms with E-state index in [0.29, 0.717) is 22.2 Å². The highest BCUT2D eigenvalue weighted by Gasteiger charge is 2.25. The SMILES string of the molecule is COc1ccc(P=O)c(OC)c1C(=O)c1c(C)cc(C)cc1C. The van der Waals surface area contributed by atoms with Crippen LogP contribution >= 0.6 is 8.46 Å². The molecule has 0 unspecified atom stereocenters. The largest absolute Gasteiger partial charge is 0.496 e. The zero-order valence-corrected chi connectivity index (χ0v) is 14.8. The molecular formula is C18H19O4P. The maximum atomic E-state index is 13.2. The Bertz CT molecular complexity index is 758. The van der Waals surface area contributed by atoms with E-state index in [9.17, 15) is 9.36 Å². The van der Waals surface area contributed by atoms with Crippen molar-refractivity contribution >= 4 is 19.5 Å². The highest BCUT2D eigenvalue weighted by molar-refractivity contribution is 7.34. The smallest absolute Gasteiger partial charge is 0.201 e. The number of aryl methyl sites for hydroxylation is 3. The highest BCUT2D eigenvalue weighted by atomic mass is 31.1. The van der Waals surface area contributed by atoms with Crippen LogP contribution in [0.5, 0.6) is 11.5 Å². The van der Waals surface area contributed by atoms with Gasteiger partial charge in [0.05, 0.1) is 19.5 Å². The topological polar surface area (TPSA) is 52.6 Å². The Morgan fingerprint density at radius 3 is 2.04 bits per heavy atom. The maximum Gasteiger partial charge on any atom is 0.201 e. The van der Waals surface area contributed by atoms with Crippen molar-refractivity contribution in [3.63, 3.8) is 0 Å². The molecule has 0 aliphatic rings. The van der Waals surface area contributed by atoms with Crippen LogP contribution in [-0.2, 0) is 4.57 Å². The molecular weight excluding hydrogens is 311 g/mol. The average molecular weight is 330 g/mol. The first-order valence-electron chi connectivity index (χ1n) is 7.15. The average Bonchev–Trinajstić information content (AvgIpc) is 2.51. The van der Waals surface area contributed by atoms with Gasteiger partial charge in [-0.05, 0) is 44.0 Å². The van der Waals surface area contributed by atoms with Gasteiger partial charge in [0.15, 0.2) is 8.46 Å². The molecule has 120 valence electrons. The minimum absolute atomic E-state index is 0.195. The van der Waals surface area contributed by atoms with Gasteiger partial charge < -0.3 is 9.47 Å². The third-order valence-electron chi connectivity index (χ3n) is 3.75. The number of methoxy groups -OCH3 is 2.